The molecule has 1 amide bonds. The standard InChI is InChI=1S/C17H16Cl2FN3O3S/c18-12-6-5-10(7-13(12)19)22-17(24)16-8-11(9-21-16)27(25,26)23-15-4-2-1-3-14(15)20/h1-7,11,16,21,23H,8-9H2,(H,22,24). The summed E-state index contributed by atoms with van der Waals surface area (Å²) in [6.07, 6.45) is 0.0525. The lowest BCUT2D eigenvalue weighted by atomic mass is 10.2. The fraction of sp³-hybridized carbons (Fsp3) is 0.235. The van der Waals surface area contributed by atoms with E-state index in [2.05, 4.69) is 15.4 Å². The number of hydrogen-bond donors (Lipinski definition) is 3. The van der Waals surface area contributed by atoms with E-state index in [0.29, 0.717) is 15.7 Å². The molecule has 1 fully saturated rings. The number of hydrogen-bond acceptors (Lipinski definition) is 4. The number of halogens is 3. The normalized spacial score (nSPS) is 19.7. The third-order valence-corrected chi connectivity index (χ3v) is 6.64. The van der Waals surface area contributed by atoms with Gasteiger partial charge in [0.15, 0.2) is 0 Å². The SMILES string of the molecule is O=C(Nc1ccc(Cl)c(Cl)c1)C1CC(S(=O)(=O)Nc2ccccc2F)CN1. The Morgan fingerprint density at radius 2 is 1.89 bits per heavy atom. The number of amides is 1. The van der Waals surface area contributed by atoms with Crippen LogP contribution in [0.2, 0.25) is 10.0 Å². The van der Waals surface area contributed by atoms with Gasteiger partial charge in [0.2, 0.25) is 15.9 Å². The van der Waals surface area contributed by atoms with Crippen molar-refractivity contribution in [1.82, 2.24) is 5.32 Å². The van der Waals surface area contributed by atoms with Crippen molar-refractivity contribution in [3.8, 4) is 0 Å². The molecule has 0 bridgehead atoms. The smallest absolute Gasteiger partial charge is 0.241 e. The van der Waals surface area contributed by atoms with Crippen LogP contribution in [0.5, 0.6) is 0 Å². The van der Waals surface area contributed by atoms with E-state index in [4.69, 9.17) is 23.2 Å². The zero-order chi connectivity index (χ0) is 19.6. The molecule has 6 nitrogen and oxygen atoms in total. The van der Waals surface area contributed by atoms with Crippen LogP contribution in [0.15, 0.2) is 42.5 Å². The quantitative estimate of drug-likeness (QED) is 0.677. The summed E-state index contributed by atoms with van der Waals surface area (Å²) in [6, 6.07) is 9.44. The van der Waals surface area contributed by atoms with Gasteiger partial charge in [0.05, 0.1) is 27.0 Å². The summed E-state index contributed by atoms with van der Waals surface area (Å²) in [5.74, 6) is -1.06. The fourth-order valence-corrected chi connectivity index (χ4v) is 4.42. The fourth-order valence-electron chi connectivity index (χ4n) is 2.72. The van der Waals surface area contributed by atoms with Gasteiger partial charge in [-0.25, -0.2) is 12.8 Å². The predicted octanol–water partition coefficient (Wildman–Crippen LogP) is 3.24. The van der Waals surface area contributed by atoms with Gasteiger partial charge >= 0.3 is 0 Å². The zero-order valence-corrected chi connectivity index (χ0v) is 16.2. The minimum atomic E-state index is -3.86. The van der Waals surface area contributed by atoms with Crippen LogP contribution < -0.4 is 15.4 Å². The average Bonchev–Trinajstić information content (AvgIpc) is 3.11. The molecule has 144 valence electrons. The molecule has 1 heterocycles. The van der Waals surface area contributed by atoms with Gasteiger partial charge in [-0.3, -0.25) is 9.52 Å². The lowest BCUT2D eigenvalue weighted by Crippen LogP contribution is -2.35. The Morgan fingerprint density at radius 3 is 2.59 bits per heavy atom. The maximum absolute atomic E-state index is 13.7. The maximum Gasteiger partial charge on any atom is 0.241 e. The minimum absolute atomic E-state index is 0.0525. The number of carbonyl (C=O) groups excluding carboxylic acids is 1. The molecular weight excluding hydrogens is 416 g/mol. The third-order valence-electron chi connectivity index (χ3n) is 4.16. The van der Waals surface area contributed by atoms with Crippen LogP contribution in [0.25, 0.3) is 0 Å². The Morgan fingerprint density at radius 1 is 1.15 bits per heavy atom. The summed E-state index contributed by atoms with van der Waals surface area (Å²) in [7, 11) is -3.86. The van der Waals surface area contributed by atoms with E-state index in [-0.39, 0.29) is 18.7 Å². The number of carbonyl (C=O) groups is 1. The second-order valence-corrected chi connectivity index (χ2v) is 8.84. The zero-order valence-electron chi connectivity index (χ0n) is 13.9. The molecule has 1 saturated heterocycles. The second kappa shape index (κ2) is 8.02. The number of anilines is 2. The third kappa shape index (κ3) is 4.70. The number of para-hydroxylation sites is 1. The first-order valence-corrected chi connectivity index (χ1v) is 10.3. The molecule has 2 atom stereocenters. The predicted molar refractivity (Wildman–Crippen MR) is 104 cm³/mol. The van der Waals surface area contributed by atoms with Crippen LogP contribution in [0.1, 0.15) is 6.42 Å². The van der Waals surface area contributed by atoms with Crippen molar-refractivity contribution in [2.75, 3.05) is 16.6 Å². The van der Waals surface area contributed by atoms with Crippen molar-refractivity contribution in [2.24, 2.45) is 0 Å². The van der Waals surface area contributed by atoms with E-state index in [1.807, 2.05) is 0 Å². The van der Waals surface area contributed by atoms with Crippen molar-refractivity contribution in [3.63, 3.8) is 0 Å². The van der Waals surface area contributed by atoms with E-state index in [0.717, 1.165) is 6.07 Å². The van der Waals surface area contributed by atoms with Crippen molar-refractivity contribution in [3.05, 3.63) is 58.3 Å². The molecule has 2 aromatic rings. The molecule has 27 heavy (non-hydrogen) atoms. The summed E-state index contributed by atoms with van der Waals surface area (Å²) >= 11 is 11.7. The highest BCUT2D eigenvalue weighted by Gasteiger charge is 2.37. The van der Waals surface area contributed by atoms with E-state index >= 15 is 0 Å². The summed E-state index contributed by atoms with van der Waals surface area (Å²) in [5.41, 5.74) is 0.327. The van der Waals surface area contributed by atoms with Crippen molar-refractivity contribution in [2.45, 2.75) is 17.7 Å². The van der Waals surface area contributed by atoms with Gasteiger partial charge in [0.1, 0.15) is 5.82 Å². The van der Waals surface area contributed by atoms with Crippen LogP contribution in [-0.4, -0.2) is 32.2 Å². The van der Waals surface area contributed by atoms with E-state index in [1.54, 1.807) is 12.1 Å². The Hall–Kier alpha value is -1.87. The number of benzene rings is 2. The molecule has 3 N–H and O–H groups in total. The lowest BCUT2D eigenvalue weighted by Gasteiger charge is -2.14. The molecule has 3 rings (SSSR count). The Kier molecular flexibility index (Phi) is 5.90. The van der Waals surface area contributed by atoms with Gasteiger partial charge in [-0.15, -0.1) is 0 Å². The van der Waals surface area contributed by atoms with Crippen molar-refractivity contribution in [1.29, 1.82) is 0 Å². The monoisotopic (exact) mass is 431 g/mol. The van der Waals surface area contributed by atoms with Gasteiger partial charge in [0.25, 0.3) is 0 Å². The molecule has 1 aliphatic rings. The first-order chi connectivity index (χ1) is 12.8. The highest BCUT2D eigenvalue weighted by Crippen LogP contribution is 2.26. The van der Waals surface area contributed by atoms with Gasteiger partial charge in [-0.2, -0.15) is 0 Å². The molecule has 0 radical (unpaired) electrons. The Bertz CT molecular complexity index is 972. The van der Waals surface area contributed by atoms with E-state index < -0.39 is 33.0 Å². The van der Waals surface area contributed by atoms with Gasteiger partial charge in [-0.1, -0.05) is 35.3 Å². The molecule has 2 aromatic carbocycles. The van der Waals surface area contributed by atoms with Crippen LogP contribution in [-0.2, 0) is 14.8 Å². The van der Waals surface area contributed by atoms with E-state index in [9.17, 15) is 17.6 Å². The van der Waals surface area contributed by atoms with Crippen molar-refractivity contribution < 1.29 is 17.6 Å². The van der Waals surface area contributed by atoms with Gasteiger partial charge in [-0.05, 0) is 36.8 Å². The van der Waals surface area contributed by atoms with Crippen LogP contribution >= 0.6 is 23.2 Å². The van der Waals surface area contributed by atoms with Crippen LogP contribution in [0, 0.1) is 5.82 Å². The first-order valence-electron chi connectivity index (χ1n) is 8.02. The Balaban J connectivity index is 1.64. The lowest BCUT2D eigenvalue weighted by molar-refractivity contribution is -0.117. The molecule has 0 saturated carbocycles. The summed E-state index contributed by atoms with van der Waals surface area (Å²) in [4.78, 5) is 12.4. The van der Waals surface area contributed by atoms with Crippen LogP contribution in [0.4, 0.5) is 15.8 Å². The van der Waals surface area contributed by atoms with Crippen molar-refractivity contribution >= 4 is 50.5 Å². The molecule has 1 aliphatic heterocycles. The molecule has 2 unspecified atom stereocenters. The molecule has 0 aromatic heterocycles. The summed E-state index contributed by atoms with van der Waals surface area (Å²) in [5, 5.41) is 5.32. The van der Waals surface area contributed by atoms with Crippen LogP contribution in [0.3, 0.4) is 0 Å². The minimum Gasteiger partial charge on any atom is -0.325 e. The molecule has 0 spiro atoms. The van der Waals surface area contributed by atoms with Gasteiger partial charge in [0, 0.05) is 12.2 Å². The topological polar surface area (TPSA) is 87.3 Å². The number of rotatable bonds is 5. The summed E-state index contributed by atoms with van der Waals surface area (Å²) < 4.78 is 40.9. The Labute approximate surface area is 166 Å². The highest BCUT2D eigenvalue weighted by molar-refractivity contribution is 7.93. The number of sulfonamides is 1. The first kappa shape index (κ1) is 19.9. The largest absolute Gasteiger partial charge is 0.325 e. The average molecular weight is 432 g/mol. The second-order valence-electron chi connectivity index (χ2n) is 6.06. The number of nitrogens with one attached hydrogen (secondary N) is 3. The van der Waals surface area contributed by atoms with Gasteiger partial charge < -0.3 is 10.6 Å². The molecular formula is C17H16Cl2FN3O3S. The summed E-state index contributed by atoms with van der Waals surface area (Å²) in [6.45, 7) is 0.0727. The maximum atomic E-state index is 13.7. The van der Waals surface area contributed by atoms with E-state index in [1.165, 1.54) is 24.3 Å². The molecule has 0 aliphatic carbocycles. The molecule has 10 heteroatoms. The highest BCUT2D eigenvalue weighted by atomic mass is 35.5.